The van der Waals surface area contributed by atoms with E-state index < -0.39 is 0 Å². The minimum Gasteiger partial charge on any atom is -0.497 e. The van der Waals surface area contributed by atoms with Crippen LogP contribution in [0.15, 0.2) is 79.0 Å². The van der Waals surface area contributed by atoms with Crippen LogP contribution in [0.2, 0.25) is 0 Å². The van der Waals surface area contributed by atoms with Crippen molar-refractivity contribution in [1.29, 1.82) is 0 Å². The molecular formula is C32H36N2O5. The lowest BCUT2D eigenvalue weighted by Gasteiger charge is -2.18. The van der Waals surface area contributed by atoms with E-state index in [1.54, 1.807) is 18.9 Å². The van der Waals surface area contributed by atoms with Crippen LogP contribution < -0.4 is 9.47 Å². The quantitative estimate of drug-likeness (QED) is 0.217. The van der Waals surface area contributed by atoms with Gasteiger partial charge in [-0.2, -0.15) is 0 Å². The number of rotatable bonds is 13. The summed E-state index contributed by atoms with van der Waals surface area (Å²) < 4.78 is 18.4. The molecule has 0 saturated heterocycles. The van der Waals surface area contributed by atoms with Gasteiger partial charge in [0.25, 0.3) is 0 Å². The topological polar surface area (TPSA) is 70.0 Å². The van der Waals surface area contributed by atoms with E-state index in [9.17, 15) is 9.59 Å². The van der Waals surface area contributed by atoms with Crippen LogP contribution in [0, 0.1) is 0 Å². The molecule has 0 radical (unpaired) electrons. The van der Waals surface area contributed by atoms with Gasteiger partial charge >= 0.3 is 5.97 Å². The summed E-state index contributed by atoms with van der Waals surface area (Å²) in [6.07, 6.45) is 3.52. The van der Waals surface area contributed by atoms with Gasteiger partial charge in [0.05, 0.1) is 13.7 Å². The highest BCUT2D eigenvalue weighted by molar-refractivity contribution is 5.88. The predicted molar refractivity (Wildman–Crippen MR) is 152 cm³/mol. The van der Waals surface area contributed by atoms with Crippen molar-refractivity contribution in [3.8, 4) is 11.5 Å². The Morgan fingerprint density at radius 3 is 2.36 bits per heavy atom. The van der Waals surface area contributed by atoms with E-state index in [4.69, 9.17) is 14.2 Å². The van der Waals surface area contributed by atoms with Crippen molar-refractivity contribution in [3.63, 3.8) is 0 Å². The number of hydrogen-bond donors (Lipinski definition) is 0. The predicted octanol–water partition coefficient (Wildman–Crippen LogP) is 5.43. The molecule has 3 aromatic carbocycles. The van der Waals surface area contributed by atoms with E-state index in [2.05, 4.69) is 0 Å². The Labute approximate surface area is 229 Å². The molecule has 0 aliphatic rings. The van der Waals surface area contributed by atoms with E-state index in [0.29, 0.717) is 26.2 Å². The highest BCUT2D eigenvalue weighted by Gasteiger charge is 2.16. The lowest BCUT2D eigenvalue weighted by atomic mass is 10.1. The maximum absolute atomic E-state index is 13.2. The highest BCUT2D eigenvalue weighted by atomic mass is 16.5. The van der Waals surface area contributed by atoms with Crippen LogP contribution >= 0.6 is 0 Å². The van der Waals surface area contributed by atoms with Gasteiger partial charge in [-0.15, -0.1) is 0 Å². The number of nitrogens with zero attached hydrogens (tertiary/aromatic N) is 2. The summed E-state index contributed by atoms with van der Waals surface area (Å²) in [4.78, 5) is 27.0. The smallest absolute Gasteiger partial charge is 0.306 e. The number of ether oxygens (including phenoxy) is 3. The van der Waals surface area contributed by atoms with E-state index in [-0.39, 0.29) is 24.8 Å². The van der Waals surface area contributed by atoms with Crippen molar-refractivity contribution in [2.24, 2.45) is 0 Å². The number of esters is 1. The molecule has 204 valence electrons. The zero-order valence-electron chi connectivity index (χ0n) is 22.9. The number of aryl methyl sites for hydroxylation is 1. The molecule has 1 heterocycles. The monoisotopic (exact) mass is 528 g/mol. The average molecular weight is 529 g/mol. The Bertz CT molecular complexity index is 1380. The van der Waals surface area contributed by atoms with Crippen molar-refractivity contribution in [3.05, 3.63) is 95.7 Å². The molecule has 0 aliphatic heterocycles. The summed E-state index contributed by atoms with van der Waals surface area (Å²) in [5.74, 6) is 1.34. The molecule has 1 amide bonds. The minimum atomic E-state index is -0.232. The summed E-state index contributed by atoms with van der Waals surface area (Å²) in [5, 5.41) is 0.971. The Kier molecular flexibility index (Phi) is 9.62. The summed E-state index contributed by atoms with van der Waals surface area (Å²) in [6, 6.07) is 23.8. The first-order valence-electron chi connectivity index (χ1n) is 13.3. The van der Waals surface area contributed by atoms with Gasteiger partial charge in [-0.3, -0.25) is 9.59 Å². The molecule has 0 saturated carbocycles. The summed E-state index contributed by atoms with van der Waals surface area (Å²) in [7, 11) is 3.47. The van der Waals surface area contributed by atoms with Crippen LogP contribution in [-0.4, -0.2) is 48.7 Å². The fraction of sp³-hybridized carbons (Fsp3) is 0.312. The van der Waals surface area contributed by atoms with Crippen molar-refractivity contribution >= 4 is 22.8 Å². The van der Waals surface area contributed by atoms with Gasteiger partial charge in [-0.25, -0.2) is 0 Å². The molecule has 7 heteroatoms. The summed E-state index contributed by atoms with van der Waals surface area (Å²) in [6.45, 7) is 3.44. The van der Waals surface area contributed by atoms with Gasteiger partial charge in [-0.1, -0.05) is 42.5 Å². The second-order valence-electron chi connectivity index (χ2n) is 9.45. The number of carbonyl (C=O) groups is 2. The molecule has 0 fully saturated rings. The average Bonchev–Trinajstić information content (AvgIpc) is 3.30. The van der Waals surface area contributed by atoms with Gasteiger partial charge in [0.1, 0.15) is 24.7 Å². The maximum Gasteiger partial charge on any atom is 0.306 e. The lowest BCUT2D eigenvalue weighted by molar-refractivity contribution is -0.143. The second-order valence-corrected chi connectivity index (χ2v) is 9.45. The molecule has 39 heavy (non-hydrogen) atoms. The summed E-state index contributed by atoms with van der Waals surface area (Å²) in [5.41, 5.74) is 4.14. The van der Waals surface area contributed by atoms with Crippen LogP contribution in [0.3, 0.4) is 0 Å². The van der Waals surface area contributed by atoms with Crippen LogP contribution in [0.25, 0.3) is 10.9 Å². The first-order valence-corrected chi connectivity index (χ1v) is 13.3. The van der Waals surface area contributed by atoms with E-state index in [0.717, 1.165) is 45.5 Å². The molecule has 0 unspecified atom stereocenters. The number of hydrogen-bond acceptors (Lipinski definition) is 5. The number of fused-ring (bicyclic) bond motifs is 1. The van der Waals surface area contributed by atoms with Crippen molar-refractivity contribution in [1.82, 2.24) is 9.47 Å². The zero-order chi connectivity index (χ0) is 27.6. The third-order valence-electron chi connectivity index (χ3n) is 6.71. The van der Waals surface area contributed by atoms with E-state index in [1.807, 2.05) is 90.6 Å². The maximum atomic E-state index is 13.2. The first-order chi connectivity index (χ1) is 19.0. The number of carbonyl (C=O) groups excluding carboxylic acids is 2. The largest absolute Gasteiger partial charge is 0.497 e. The van der Waals surface area contributed by atoms with Gasteiger partial charge < -0.3 is 23.7 Å². The molecule has 7 nitrogen and oxygen atoms in total. The molecule has 1 aromatic heterocycles. The molecule has 0 atom stereocenters. The Morgan fingerprint density at radius 2 is 1.64 bits per heavy atom. The van der Waals surface area contributed by atoms with Crippen molar-refractivity contribution in [2.45, 2.75) is 39.3 Å². The van der Waals surface area contributed by atoms with Gasteiger partial charge in [0, 0.05) is 37.1 Å². The standard InChI is InChI=1S/C32H36N2O5/c1-4-38-32(36)17-12-26-21-34(22-31(35)33(2)19-18-24-10-13-27(37-3)14-11-24)30-16-15-28(20-29(26)30)39-23-25-8-6-5-7-9-25/h5-11,13-16,20-21H,4,12,17-19,22-23H2,1-3H3. The Balaban J connectivity index is 1.48. The molecular weight excluding hydrogens is 492 g/mol. The SMILES string of the molecule is CCOC(=O)CCc1cn(CC(=O)N(C)CCc2ccc(OC)cc2)c2ccc(OCc3ccccc3)cc12. The second kappa shape index (κ2) is 13.5. The lowest BCUT2D eigenvalue weighted by Crippen LogP contribution is -2.31. The number of aromatic nitrogens is 1. The summed E-state index contributed by atoms with van der Waals surface area (Å²) >= 11 is 0. The molecule has 0 bridgehead atoms. The number of amides is 1. The third-order valence-corrected chi connectivity index (χ3v) is 6.71. The molecule has 0 spiro atoms. The number of benzene rings is 3. The van der Waals surface area contributed by atoms with E-state index >= 15 is 0 Å². The Morgan fingerprint density at radius 1 is 0.897 bits per heavy atom. The fourth-order valence-corrected chi connectivity index (χ4v) is 4.46. The Hall–Kier alpha value is -4.26. The highest BCUT2D eigenvalue weighted by Crippen LogP contribution is 2.28. The van der Waals surface area contributed by atoms with E-state index in [1.165, 1.54) is 0 Å². The number of methoxy groups -OCH3 is 1. The van der Waals surface area contributed by atoms with Crippen molar-refractivity contribution < 1.29 is 23.8 Å². The molecule has 4 aromatic rings. The molecule has 0 aliphatic carbocycles. The fourth-order valence-electron chi connectivity index (χ4n) is 4.46. The van der Waals surface area contributed by atoms with Gasteiger partial charge in [-0.05, 0) is 66.8 Å². The van der Waals surface area contributed by atoms with Crippen LogP contribution in [-0.2, 0) is 40.3 Å². The van der Waals surface area contributed by atoms with Crippen molar-refractivity contribution in [2.75, 3.05) is 27.3 Å². The zero-order valence-corrected chi connectivity index (χ0v) is 22.9. The van der Waals surface area contributed by atoms with Gasteiger partial charge in [0.15, 0.2) is 0 Å². The minimum absolute atomic E-state index is 0.0155. The molecule has 0 N–H and O–H groups in total. The van der Waals surface area contributed by atoms with Crippen LogP contribution in [0.4, 0.5) is 0 Å². The normalized spacial score (nSPS) is 10.8. The third kappa shape index (κ3) is 7.63. The van der Waals surface area contributed by atoms with Crippen LogP contribution in [0.5, 0.6) is 11.5 Å². The van der Waals surface area contributed by atoms with Crippen LogP contribution in [0.1, 0.15) is 30.0 Å². The number of likely N-dealkylation sites (N-methyl/N-ethyl adjacent to an activating group) is 1. The molecule has 4 rings (SSSR count). The van der Waals surface area contributed by atoms with Gasteiger partial charge in [0.2, 0.25) is 5.91 Å². The first kappa shape index (κ1) is 27.8.